The molecule has 0 aliphatic rings. The van der Waals surface area contributed by atoms with Crippen molar-refractivity contribution in [2.24, 2.45) is 0 Å². The normalized spacial score (nSPS) is 10.8. The highest BCUT2D eigenvalue weighted by molar-refractivity contribution is 7.22. The van der Waals surface area contributed by atoms with Crippen LogP contribution in [0.5, 0.6) is 11.5 Å². The Morgan fingerprint density at radius 2 is 1.81 bits per heavy atom. The SMILES string of the molecule is COc1ccc(CNc2nc(-c3ccc(C(=O)O)cc3)nc3sc(Cl)cc23)cc1OC. The van der Waals surface area contributed by atoms with Gasteiger partial charge in [0.1, 0.15) is 10.6 Å². The van der Waals surface area contributed by atoms with Gasteiger partial charge in [0.15, 0.2) is 17.3 Å². The smallest absolute Gasteiger partial charge is 0.335 e. The molecule has 2 N–H and O–H groups in total. The summed E-state index contributed by atoms with van der Waals surface area (Å²) in [4.78, 5) is 21.1. The first kappa shape index (κ1) is 20.9. The Labute approximate surface area is 187 Å². The van der Waals surface area contributed by atoms with Gasteiger partial charge in [0, 0.05) is 12.1 Å². The lowest BCUT2D eigenvalue weighted by atomic mass is 10.1. The van der Waals surface area contributed by atoms with E-state index in [1.54, 1.807) is 26.4 Å². The van der Waals surface area contributed by atoms with E-state index in [1.165, 1.54) is 23.5 Å². The lowest BCUT2D eigenvalue weighted by Gasteiger charge is -2.12. The molecule has 4 rings (SSSR count). The second-order valence-electron chi connectivity index (χ2n) is 6.59. The van der Waals surface area contributed by atoms with E-state index in [1.807, 2.05) is 24.3 Å². The van der Waals surface area contributed by atoms with E-state index in [0.29, 0.717) is 39.6 Å². The molecule has 0 saturated carbocycles. The van der Waals surface area contributed by atoms with Crippen LogP contribution in [0, 0.1) is 0 Å². The molecule has 0 fully saturated rings. The maximum atomic E-state index is 11.1. The first-order chi connectivity index (χ1) is 15.0. The molecule has 0 saturated heterocycles. The predicted molar refractivity (Wildman–Crippen MR) is 122 cm³/mol. The number of carbonyl (C=O) groups is 1. The summed E-state index contributed by atoms with van der Waals surface area (Å²) >= 11 is 7.59. The molecule has 0 radical (unpaired) electrons. The van der Waals surface area contributed by atoms with Crippen LogP contribution in [0.4, 0.5) is 5.82 Å². The molecule has 0 amide bonds. The molecule has 2 heterocycles. The topological polar surface area (TPSA) is 93.6 Å². The Balaban J connectivity index is 1.67. The second kappa shape index (κ2) is 8.79. The Bertz CT molecular complexity index is 1260. The molecule has 0 bridgehead atoms. The summed E-state index contributed by atoms with van der Waals surface area (Å²) in [6, 6.07) is 14.0. The highest BCUT2D eigenvalue weighted by atomic mass is 35.5. The Hall–Kier alpha value is -3.36. The highest BCUT2D eigenvalue weighted by Gasteiger charge is 2.14. The van der Waals surface area contributed by atoms with Gasteiger partial charge in [0.05, 0.1) is 29.5 Å². The molecule has 7 nitrogen and oxygen atoms in total. The fourth-order valence-corrected chi connectivity index (χ4v) is 4.18. The number of fused-ring (bicyclic) bond motifs is 1. The summed E-state index contributed by atoms with van der Waals surface area (Å²) < 4.78 is 11.3. The van der Waals surface area contributed by atoms with Gasteiger partial charge in [-0.25, -0.2) is 14.8 Å². The number of anilines is 1. The maximum Gasteiger partial charge on any atom is 0.335 e. The van der Waals surface area contributed by atoms with Gasteiger partial charge in [-0.2, -0.15) is 0 Å². The largest absolute Gasteiger partial charge is 0.493 e. The fraction of sp³-hybridized carbons (Fsp3) is 0.136. The minimum atomic E-state index is -0.981. The summed E-state index contributed by atoms with van der Waals surface area (Å²) in [6.45, 7) is 0.497. The van der Waals surface area contributed by atoms with Crippen LogP contribution in [-0.4, -0.2) is 35.3 Å². The second-order valence-corrected chi connectivity index (χ2v) is 8.25. The summed E-state index contributed by atoms with van der Waals surface area (Å²) in [5, 5.41) is 13.3. The first-order valence-corrected chi connectivity index (χ1v) is 10.4. The molecule has 4 aromatic rings. The van der Waals surface area contributed by atoms with Crippen molar-refractivity contribution in [2.75, 3.05) is 19.5 Å². The molecule has 0 aliphatic carbocycles. The van der Waals surface area contributed by atoms with E-state index < -0.39 is 5.97 Å². The maximum absolute atomic E-state index is 11.1. The van der Waals surface area contributed by atoms with Crippen LogP contribution in [0.15, 0.2) is 48.5 Å². The number of nitrogens with zero attached hydrogens (tertiary/aromatic N) is 2. The van der Waals surface area contributed by atoms with Crippen LogP contribution in [0.25, 0.3) is 21.6 Å². The Morgan fingerprint density at radius 3 is 2.48 bits per heavy atom. The average Bonchev–Trinajstić information content (AvgIpc) is 3.17. The summed E-state index contributed by atoms with van der Waals surface area (Å²) in [5.41, 5.74) is 1.90. The number of hydrogen-bond donors (Lipinski definition) is 2. The van der Waals surface area contributed by atoms with E-state index in [4.69, 9.17) is 26.2 Å². The van der Waals surface area contributed by atoms with Gasteiger partial charge in [-0.05, 0) is 35.9 Å². The number of nitrogens with one attached hydrogen (secondary N) is 1. The van der Waals surface area contributed by atoms with Crippen molar-refractivity contribution in [3.05, 3.63) is 64.0 Å². The zero-order chi connectivity index (χ0) is 22.0. The van der Waals surface area contributed by atoms with Gasteiger partial charge in [0.2, 0.25) is 0 Å². The zero-order valence-electron chi connectivity index (χ0n) is 16.7. The standard InChI is InChI=1S/C22H18ClN3O4S/c1-29-16-8-3-12(9-17(16)30-2)11-24-20-15-10-18(23)31-21(15)26-19(25-20)13-4-6-14(7-5-13)22(27)28/h3-10H,11H2,1-2H3,(H,27,28)(H,24,25,26). The third kappa shape index (κ3) is 4.40. The van der Waals surface area contributed by atoms with Crippen LogP contribution < -0.4 is 14.8 Å². The lowest BCUT2D eigenvalue weighted by molar-refractivity contribution is 0.0697. The van der Waals surface area contributed by atoms with Gasteiger partial charge in [0.25, 0.3) is 0 Å². The third-order valence-electron chi connectivity index (χ3n) is 4.66. The van der Waals surface area contributed by atoms with Crippen molar-refractivity contribution < 1.29 is 19.4 Å². The van der Waals surface area contributed by atoms with Crippen molar-refractivity contribution in [3.63, 3.8) is 0 Å². The van der Waals surface area contributed by atoms with E-state index in [0.717, 1.165) is 15.8 Å². The third-order valence-corrected chi connectivity index (χ3v) is 5.82. The van der Waals surface area contributed by atoms with Gasteiger partial charge in [-0.3, -0.25) is 0 Å². The van der Waals surface area contributed by atoms with Crippen LogP contribution in [0.3, 0.4) is 0 Å². The first-order valence-electron chi connectivity index (χ1n) is 9.24. The molecule has 0 aliphatic heterocycles. The van der Waals surface area contributed by atoms with Crippen molar-refractivity contribution >= 4 is 44.9 Å². The van der Waals surface area contributed by atoms with Crippen LogP contribution in [0.1, 0.15) is 15.9 Å². The Kier molecular flexibility index (Phi) is 5.92. The average molecular weight is 456 g/mol. The number of aromatic carboxylic acids is 1. The molecule has 158 valence electrons. The van der Waals surface area contributed by atoms with Gasteiger partial charge < -0.3 is 19.9 Å². The number of carboxylic acid groups (broad SMARTS) is 1. The van der Waals surface area contributed by atoms with Crippen molar-refractivity contribution in [3.8, 4) is 22.9 Å². The van der Waals surface area contributed by atoms with Crippen molar-refractivity contribution in [2.45, 2.75) is 6.54 Å². The monoisotopic (exact) mass is 455 g/mol. The fourth-order valence-electron chi connectivity index (χ4n) is 3.09. The minimum Gasteiger partial charge on any atom is -0.493 e. The predicted octanol–water partition coefficient (Wildman–Crippen LogP) is 5.34. The summed E-state index contributed by atoms with van der Waals surface area (Å²) in [6.07, 6.45) is 0. The van der Waals surface area contributed by atoms with Gasteiger partial charge >= 0.3 is 5.97 Å². The van der Waals surface area contributed by atoms with Gasteiger partial charge in [-0.1, -0.05) is 29.8 Å². The van der Waals surface area contributed by atoms with Crippen molar-refractivity contribution in [1.82, 2.24) is 9.97 Å². The van der Waals surface area contributed by atoms with Gasteiger partial charge in [-0.15, -0.1) is 11.3 Å². The summed E-state index contributed by atoms with van der Waals surface area (Å²) in [7, 11) is 3.19. The van der Waals surface area contributed by atoms with E-state index in [9.17, 15) is 4.79 Å². The zero-order valence-corrected chi connectivity index (χ0v) is 18.3. The quantitative estimate of drug-likeness (QED) is 0.388. The number of hydrogen-bond acceptors (Lipinski definition) is 7. The van der Waals surface area contributed by atoms with E-state index >= 15 is 0 Å². The lowest BCUT2D eigenvalue weighted by Crippen LogP contribution is -2.04. The number of aromatic nitrogens is 2. The molecule has 2 aromatic heterocycles. The number of thiophene rings is 1. The minimum absolute atomic E-state index is 0.204. The number of halogens is 1. The highest BCUT2D eigenvalue weighted by Crippen LogP contribution is 2.34. The molecular formula is C22H18ClN3O4S. The summed E-state index contributed by atoms with van der Waals surface area (Å²) in [5.74, 6) is 1.45. The Morgan fingerprint density at radius 1 is 1.06 bits per heavy atom. The van der Waals surface area contributed by atoms with Crippen LogP contribution in [0.2, 0.25) is 4.34 Å². The molecule has 0 spiro atoms. The van der Waals surface area contributed by atoms with Crippen LogP contribution in [-0.2, 0) is 6.54 Å². The molecular weight excluding hydrogens is 438 g/mol. The van der Waals surface area contributed by atoms with E-state index in [2.05, 4.69) is 15.3 Å². The number of rotatable bonds is 7. The number of ether oxygens (including phenoxy) is 2. The molecule has 0 unspecified atom stereocenters. The van der Waals surface area contributed by atoms with Crippen LogP contribution >= 0.6 is 22.9 Å². The number of carboxylic acids is 1. The molecule has 31 heavy (non-hydrogen) atoms. The van der Waals surface area contributed by atoms with Crippen molar-refractivity contribution in [1.29, 1.82) is 0 Å². The molecule has 2 aromatic carbocycles. The molecule has 0 atom stereocenters. The number of methoxy groups -OCH3 is 2. The molecule has 9 heteroatoms. The van der Waals surface area contributed by atoms with E-state index in [-0.39, 0.29) is 5.56 Å². The number of benzene rings is 2.